The lowest BCUT2D eigenvalue weighted by Crippen LogP contribution is -2.46. The molecule has 5 rings (SSSR count). The Morgan fingerprint density at radius 3 is 2.72 bits per heavy atom. The van der Waals surface area contributed by atoms with E-state index >= 15 is 0 Å². The molecule has 0 saturated carbocycles. The van der Waals surface area contributed by atoms with Gasteiger partial charge in [-0.15, -0.1) is 0 Å². The summed E-state index contributed by atoms with van der Waals surface area (Å²) in [5.74, 6) is -0.180. The highest BCUT2D eigenvalue weighted by atomic mass is 32.2. The fraction of sp³-hybridized carbons (Fsp3) is 0.357. The van der Waals surface area contributed by atoms with E-state index in [9.17, 15) is 13.2 Å². The predicted octanol–water partition coefficient (Wildman–Crippen LogP) is 4.76. The molecule has 3 heterocycles. The van der Waals surface area contributed by atoms with Gasteiger partial charge in [0.25, 0.3) is 0 Å². The molecule has 1 unspecified atom stereocenters. The number of aromatic nitrogens is 1. The van der Waals surface area contributed by atoms with Crippen molar-refractivity contribution in [3.05, 3.63) is 76.2 Å². The number of nitrogens with zero attached hydrogens (tertiary/aromatic N) is 3. The fourth-order valence-corrected chi connectivity index (χ4v) is 6.96. The zero-order valence-corrected chi connectivity index (χ0v) is 21.7. The van der Waals surface area contributed by atoms with E-state index in [1.54, 1.807) is 13.0 Å². The third-order valence-corrected chi connectivity index (χ3v) is 9.19. The van der Waals surface area contributed by atoms with Crippen LogP contribution in [0.1, 0.15) is 46.5 Å². The number of sulfonamides is 1. The Labute approximate surface area is 212 Å². The topological polar surface area (TPSA) is 83.7 Å². The number of carbonyl (C=O) groups excluding carboxylic acids is 1. The van der Waals surface area contributed by atoms with Crippen LogP contribution in [-0.2, 0) is 21.2 Å². The molecular weight excluding hydrogens is 474 g/mol. The number of benzene rings is 2. The Morgan fingerprint density at radius 2 is 1.89 bits per heavy atom. The summed E-state index contributed by atoms with van der Waals surface area (Å²) in [6, 6.07) is 14.0. The average molecular weight is 506 g/mol. The molecule has 1 amide bonds. The van der Waals surface area contributed by atoms with E-state index in [1.165, 1.54) is 4.31 Å². The number of aryl methyl sites for hydroxylation is 3. The first-order chi connectivity index (χ1) is 17.3. The van der Waals surface area contributed by atoms with Crippen molar-refractivity contribution in [2.24, 2.45) is 5.92 Å². The summed E-state index contributed by atoms with van der Waals surface area (Å²) in [4.78, 5) is 15.3. The maximum Gasteiger partial charge on any atom is 0.248 e. The molecule has 3 aromatic rings. The minimum Gasteiger partial charge on any atom is -0.355 e. The van der Waals surface area contributed by atoms with E-state index in [2.05, 4.69) is 5.16 Å². The van der Waals surface area contributed by atoms with Gasteiger partial charge in [0.1, 0.15) is 5.69 Å². The first kappa shape index (κ1) is 24.5. The van der Waals surface area contributed by atoms with Gasteiger partial charge in [-0.1, -0.05) is 53.2 Å². The van der Waals surface area contributed by atoms with Crippen LogP contribution in [0.15, 0.2) is 51.9 Å². The van der Waals surface area contributed by atoms with Gasteiger partial charge in [0.2, 0.25) is 15.9 Å². The summed E-state index contributed by atoms with van der Waals surface area (Å²) in [7, 11) is -3.90. The molecule has 1 fully saturated rings. The molecule has 7 nitrogen and oxygen atoms in total. The van der Waals surface area contributed by atoms with Crippen molar-refractivity contribution in [2.75, 3.05) is 24.5 Å². The summed E-state index contributed by atoms with van der Waals surface area (Å²) in [5, 5.41) is 3.96. The summed E-state index contributed by atoms with van der Waals surface area (Å²) in [5.41, 5.74) is 5.60. The van der Waals surface area contributed by atoms with Crippen molar-refractivity contribution in [2.45, 2.75) is 44.9 Å². The molecule has 0 spiro atoms. The lowest BCUT2D eigenvalue weighted by Gasteiger charge is -2.33. The van der Waals surface area contributed by atoms with Crippen LogP contribution in [-0.4, -0.2) is 43.4 Å². The van der Waals surface area contributed by atoms with Crippen LogP contribution in [0.2, 0.25) is 0 Å². The number of anilines is 1. The molecule has 8 heteroatoms. The molecule has 1 atom stereocenters. The van der Waals surface area contributed by atoms with Gasteiger partial charge in [0, 0.05) is 25.3 Å². The van der Waals surface area contributed by atoms with Gasteiger partial charge in [0.15, 0.2) is 10.7 Å². The molecule has 0 radical (unpaired) electrons. The van der Waals surface area contributed by atoms with Crippen molar-refractivity contribution in [1.82, 2.24) is 9.46 Å². The number of fused-ring (bicyclic) bond motifs is 1. The van der Waals surface area contributed by atoms with E-state index in [0.29, 0.717) is 31.6 Å². The third-order valence-electron chi connectivity index (χ3n) is 7.17. The summed E-state index contributed by atoms with van der Waals surface area (Å²) in [6.45, 7) is 6.82. The molecule has 0 N–H and O–H groups in total. The minimum atomic E-state index is -3.90. The molecule has 36 heavy (non-hydrogen) atoms. The van der Waals surface area contributed by atoms with Crippen LogP contribution in [0.4, 0.5) is 5.69 Å². The van der Waals surface area contributed by atoms with Gasteiger partial charge in [-0.25, -0.2) is 8.42 Å². The highest BCUT2D eigenvalue weighted by molar-refractivity contribution is 7.89. The van der Waals surface area contributed by atoms with Crippen LogP contribution in [0, 0.1) is 26.7 Å². The van der Waals surface area contributed by atoms with Gasteiger partial charge < -0.3 is 9.42 Å². The van der Waals surface area contributed by atoms with Gasteiger partial charge >= 0.3 is 0 Å². The largest absolute Gasteiger partial charge is 0.355 e. The van der Waals surface area contributed by atoms with E-state index in [0.717, 1.165) is 34.4 Å². The molecule has 2 aliphatic rings. The monoisotopic (exact) mass is 505 g/mol. The fourth-order valence-electron chi connectivity index (χ4n) is 5.18. The second kappa shape index (κ2) is 9.67. The van der Waals surface area contributed by atoms with E-state index in [1.807, 2.05) is 67.3 Å². The van der Waals surface area contributed by atoms with Crippen LogP contribution >= 0.6 is 0 Å². The normalized spacial score (nSPS) is 18.6. The van der Waals surface area contributed by atoms with Crippen LogP contribution in [0.5, 0.6) is 0 Å². The molecule has 2 aliphatic heterocycles. The zero-order chi connectivity index (χ0) is 25.4. The number of piperidine rings is 1. The van der Waals surface area contributed by atoms with E-state index < -0.39 is 10.0 Å². The molecule has 0 aliphatic carbocycles. The van der Waals surface area contributed by atoms with Gasteiger partial charge in [-0.05, 0) is 68.9 Å². The Kier molecular flexibility index (Phi) is 6.57. The smallest absolute Gasteiger partial charge is 0.248 e. The number of para-hydroxylation sites is 1. The second-order valence-electron chi connectivity index (χ2n) is 9.73. The lowest BCUT2D eigenvalue weighted by atomic mass is 9.98. The SMILES string of the molecule is Cc1ccc(C)c(/C=C/c2onc(C)c2S(=O)(=O)N2CCCC(C(=O)N3CCc4ccccc43)C2)c1. The third kappa shape index (κ3) is 4.51. The molecular formula is C28H31N3O4S. The van der Waals surface area contributed by atoms with E-state index in [-0.39, 0.29) is 29.0 Å². The van der Waals surface area contributed by atoms with Gasteiger partial charge in [-0.2, -0.15) is 4.31 Å². The quantitative estimate of drug-likeness (QED) is 0.499. The summed E-state index contributed by atoms with van der Waals surface area (Å²) in [6.07, 6.45) is 5.65. The first-order valence-corrected chi connectivity index (χ1v) is 13.8. The van der Waals surface area contributed by atoms with Crippen molar-refractivity contribution in [3.63, 3.8) is 0 Å². The maximum atomic E-state index is 13.8. The van der Waals surface area contributed by atoms with Crippen molar-refractivity contribution >= 4 is 33.8 Å². The first-order valence-electron chi connectivity index (χ1n) is 12.4. The Balaban J connectivity index is 1.39. The van der Waals surface area contributed by atoms with Crippen molar-refractivity contribution < 1.29 is 17.7 Å². The van der Waals surface area contributed by atoms with Crippen LogP contribution in [0.25, 0.3) is 12.2 Å². The molecule has 0 bridgehead atoms. The molecule has 1 saturated heterocycles. The maximum absolute atomic E-state index is 13.8. The van der Waals surface area contributed by atoms with Gasteiger partial charge in [-0.3, -0.25) is 4.79 Å². The second-order valence-corrected chi connectivity index (χ2v) is 11.6. The highest BCUT2D eigenvalue weighted by Gasteiger charge is 2.39. The molecule has 188 valence electrons. The number of hydrogen-bond acceptors (Lipinski definition) is 5. The zero-order valence-electron chi connectivity index (χ0n) is 20.9. The Bertz CT molecular complexity index is 1440. The highest BCUT2D eigenvalue weighted by Crippen LogP contribution is 2.33. The summed E-state index contributed by atoms with van der Waals surface area (Å²) >= 11 is 0. The predicted molar refractivity (Wildman–Crippen MR) is 140 cm³/mol. The van der Waals surface area contributed by atoms with Crippen LogP contribution in [0.3, 0.4) is 0 Å². The summed E-state index contributed by atoms with van der Waals surface area (Å²) < 4.78 is 34.4. The Morgan fingerprint density at radius 1 is 1.08 bits per heavy atom. The van der Waals surface area contributed by atoms with Gasteiger partial charge in [0.05, 0.1) is 5.92 Å². The van der Waals surface area contributed by atoms with Crippen molar-refractivity contribution in [1.29, 1.82) is 0 Å². The molecule has 1 aromatic heterocycles. The lowest BCUT2D eigenvalue weighted by molar-refractivity contribution is -0.123. The van der Waals surface area contributed by atoms with Crippen LogP contribution < -0.4 is 4.90 Å². The number of amides is 1. The van der Waals surface area contributed by atoms with Crippen molar-refractivity contribution in [3.8, 4) is 0 Å². The minimum absolute atomic E-state index is 0.00284. The van der Waals surface area contributed by atoms with E-state index in [4.69, 9.17) is 4.52 Å². The molecule has 2 aromatic carbocycles. The standard InChI is InChI=1S/C28H31N3O4S/c1-19-10-11-20(2)23(17-19)12-13-26-27(21(3)29-35-26)36(33,34)30-15-6-8-24(18-30)28(32)31-16-14-22-7-4-5-9-25(22)31/h4-5,7,9-13,17,24H,6,8,14-16,18H2,1-3H3/b13-12+. The number of rotatable bonds is 5. The average Bonchev–Trinajstić information content (AvgIpc) is 3.48. The number of carbonyl (C=O) groups is 1. The number of hydrogen-bond donors (Lipinski definition) is 0. The Hall–Kier alpha value is -3.23.